The molecule has 4 N–H and O–H groups in total. The minimum Gasteiger partial charge on any atom is -0.478 e. The van der Waals surface area contributed by atoms with Crippen LogP contribution in [0, 0.1) is 29.8 Å². The summed E-state index contributed by atoms with van der Waals surface area (Å²) in [6.07, 6.45) is 4.84. The summed E-state index contributed by atoms with van der Waals surface area (Å²) < 4.78 is 77.2. The molecule has 29 nitrogen and oxygen atoms in total. The third kappa shape index (κ3) is 17.9. The molecule has 0 fully saturated rings. The number of carbonyl (C=O) groups excluding carboxylic acids is 4. The summed E-state index contributed by atoms with van der Waals surface area (Å²) >= 11 is 1.82. The van der Waals surface area contributed by atoms with Crippen LogP contribution in [0.4, 0.5) is 10.7 Å². The molecule has 8 aromatic rings. The van der Waals surface area contributed by atoms with E-state index in [-0.39, 0.29) is 45.3 Å². The molecule has 3 aromatic heterocycles. The van der Waals surface area contributed by atoms with Crippen LogP contribution in [-0.4, -0.2) is 137 Å². The number of methoxy groups -OCH3 is 1. The van der Waals surface area contributed by atoms with Crippen LogP contribution in [-0.2, 0) is 87.2 Å². The molecule has 102 heavy (non-hydrogen) atoms. The lowest BCUT2D eigenvalue weighted by Crippen LogP contribution is -2.35. The number of nitrogens with zero attached hydrogens (tertiary/aromatic N) is 8. The Hall–Kier alpha value is -10.2. The number of urea groups is 1. The predicted molar refractivity (Wildman–Crippen MR) is 384 cm³/mol. The Morgan fingerprint density at radius 1 is 0.745 bits per heavy atom. The number of aromatic carboxylic acids is 1. The number of H-pyrrole nitrogens is 1. The number of sulfone groups is 1. The number of rotatable bonds is 17. The van der Waals surface area contributed by atoms with Crippen LogP contribution in [0.25, 0.3) is 11.1 Å². The molecule has 0 saturated heterocycles. The van der Waals surface area contributed by atoms with E-state index in [2.05, 4.69) is 68.6 Å². The highest BCUT2D eigenvalue weighted by Crippen LogP contribution is 2.42. The standard InChI is InChI=1S/C23H32N2O4.C18H17NO3.C16H17N3O5S.C13H12IN5O6S/c1-7-16-13-15(3)14-17(8-2)18(16)19-20(26)24-9-11-28-12-10-25(24)21(19)29-22(27)23(4,5)6;1-2-21-17(20)16-13-18(22-19-16,14-9-5-3-6-10-14)15-11-7-4-8-12-15;1-9-10(15(20)11-8-17-19(2)16(11)21)4-5-13(25(3,22)23)14(9)12-6-7-24-18-12;1-6-15-11(18-13(16-6)25-2)17-12(22)19-26(23,24)9-5-7(14)3-4-8(9)10(20)21/h13-14H,7-12H2,1-6H3;3-12H,2,13H2,1H3;4-5,8,17H,6-7H2,1-3H3;3-5H,1-2H3,(H,20,21)(H2,15,16,17,18,19,22). The Morgan fingerprint density at radius 2 is 1.36 bits per heavy atom. The molecular weight excluding hydrogens is 1470 g/mol. The lowest BCUT2D eigenvalue weighted by molar-refractivity contribution is -0.143. The van der Waals surface area contributed by atoms with E-state index in [0.717, 1.165) is 59.0 Å². The fourth-order valence-corrected chi connectivity index (χ4v) is 13.9. The van der Waals surface area contributed by atoms with Gasteiger partial charge in [0.05, 0.1) is 68.0 Å². The number of aromatic amines is 1. The van der Waals surface area contributed by atoms with Crippen LogP contribution in [0.5, 0.6) is 11.9 Å². The van der Waals surface area contributed by atoms with E-state index >= 15 is 0 Å². The maximum Gasteiger partial charge on any atom is 0.356 e. The van der Waals surface area contributed by atoms with Gasteiger partial charge in [0.1, 0.15) is 28.5 Å². The van der Waals surface area contributed by atoms with E-state index < -0.39 is 70.6 Å². The number of aromatic nitrogens is 7. The molecule has 2 amide bonds. The fraction of sp³-hybridized carbons (Fsp3) is 0.343. The van der Waals surface area contributed by atoms with E-state index in [4.69, 9.17) is 33.7 Å². The molecule has 0 spiro atoms. The second kappa shape index (κ2) is 33.1. The van der Waals surface area contributed by atoms with Crippen LogP contribution in [0.3, 0.4) is 0 Å². The molecule has 32 heteroatoms. The van der Waals surface area contributed by atoms with Crippen molar-refractivity contribution in [2.45, 2.75) is 116 Å². The first-order valence-corrected chi connectivity index (χ1v) is 36.5. The minimum atomic E-state index is -4.45. The average molecular weight is 1550 g/mol. The average Bonchev–Trinajstić information content (AvgIpc) is 1.57. The molecule has 5 aromatic carbocycles. The number of carbonyl (C=O) groups is 5. The van der Waals surface area contributed by atoms with Crippen LogP contribution >= 0.6 is 22.6 Å². The van der Waals surface area contributed by atoms with Gasteiger partial charge in [-0.1, -0.05) is 103 Å². The van der Waals surface area contributed by atoms with Crippen LogP contribution in [0.2, 0.25) is 0 Å². The number of hydrogen-bond acceptors (Lipinski definition) is 22. The number of anilines is 1. The largest absolute Gasteiger partial charge is 0.478 e. The number of ketones is 1. The number of sulfonamides is 1. The normalized spacial score (nSPS) is 13.8. The summed E-state index contributed by atoms with van der Waals surface area (Å²) in [4.78, 5) is 108. The SMILES string of the molecule is CCOC(=O)C1=NOC(c2ccccc2)(c2ccccc2)C1.CCc1cc(C)cc(CC)c1-c1c(OC(=O)C(C)(C)C)n2n(c1=O)CCOCC2.COc1nc(C)nc(NC(=O)NS(=O)(=O)c2cc(I)ccc2C(=O)O)n1.Cc1c(C(=O)c2c[nH]n(C)c2=O)ccc(S(C)(=O)=O)c1C1=NOCC1. The van der Waals surface area contributed by atoms with Gasteiger partial charge >= 0.3 is 29.9 Å². The molecule has 0 unspecified atom stereocenters. The highest BCUT2D eigenvalue weighted by molar-refractivity contribution is 14.1. The lowest BCUT2D eigenvalue weighted by Gasteiger charge is -2.27. The van der Waals surface area contributed by atoms with Gasteiger partial charge in [0.15, 0.2) is 26.9 Å². The smallest absolute Gasteiger partial charge is 0.356 e. The maximum atomic E-state index is 13.5. The monoisotopic (exact) mass is 1550 g/mol. The van der Waals surface area contributed by atoms with Gasteiger partial charge < -0.3 is 38.8 Å². The van der Waals surface area contributed by atoms with Gasteiger partial charge in [-0.15, -0.1) is 0 Å². The molecule has 0 saturated carbocycles. The number of amides is 2. The summed E-state index contributed by atoms with van der Waals surface area (Å²) in [6, 6.07) is 29.2. The van der Waals surface area contributed by atoms with Gasteiger partial charge in [-0.3, -0.25) is 29.2 Å². The molecule has 6 heterocycles. The van der Waals surface area contributed by atoms with Crippen LogP contribution < -0.4 is 30.6 Å². The van der Waals surface area contributed by atoms with Gasteiger partial charge in [0.25, 0.3) is 21.1 Å². The number of benzene rings is 5. The number of oxime groups is 2. The number of carboxylic acid groups (broad SMARTS) is 1. The number of hydrogen-bond donors (Lipinski definition) is 4. The number of ether oxygens (including phenoxy) is 4. The molecule has 540 valence electrons. The van der Waals surface area contributed by atoms with E-state index in [9.17, 15) is 50.4 Å². The van der Waals surface area contributed by atoms with Crippen molar-refractivity contribution < 1.29 is 74.5 Å². The highest BCUT2D eigenvalue weighted by Gasteiger charge is 2.45. The summed E-state index contributed by atoms with van der Waals surface area (Å²) in [5.41, 5.74) is 6.10. The Morgan fingerprint density at radius 3 is 1.90 bits per heavy atom. The predicted octanol–water partition coefficient (Wildman–Crippen LogP) is 8.78. The zero-order valence-corrected chi connectivity index (χ0v) is 61.9. The number of esters is 2. The number of nitrogens with one attached hydrogen (secondary N) is 3. The summed E-state index contributed by atoms with van der Waals surface area (Å²) in [5.74, 6) is -2.35. The van der Waals surface area contributed by atoms with Gasteiger partial charge in [0, 0.05) is 51.7 Å². The Labute approximate surface area is 601 Å². The summed E-state index contributed by atoms with van der Waals surface area (Å²) in [6.45, 7) is 19.2. The quantitative estimate of drug-likeness (QED) is 0.0375. The zero-order valence-electron chi connectivity index (χ0n) is 58.1. The first kappa shape index (κ1) is 77.5. The van der Waals surface area contributed by atoms with Crippen molar-refractivity contribution >= 4 is 89.5 Å². The molecule has 11 rings (SSSR count). The molecule has 0 bridgehead atoms. The van der Waals surface area contributed by atoms with Gasteiger partial charge in [0.2, 0.25) is 11.8 Å². The minimum absolute atomic E-state index is 0.00623. The second-order valence-electron chi connectivity index (χ2n) is 24.3. The first-order chi connectivity index (χ1) is 48.3. The Kier molecular flexibility index (Phi) is 25.1. The second-order valence-corrected chi connectivity index (χ2v) is 29.2. The summed E-state index contributed by atoms with van der Waals surface area (Å²) in [5, 5.41) is 21.8. The molecule has 0 atom stereocenters. The van der Waals surface area contributed by atoms with Crippen molar-refractivity contribution in [2.24, 2.45) is 22.8 Å². The van der Waals surface area contributed by atoms with E-state index in [1.807, 2.05) is 104 Å². The zero-order chi connectivity index (χ0) is 74.6. The van der Waals surface area contributed by atoms with E-state index in [1.54, 1.807) is 27.9 Å². The number of aryl methyl sites for hydroxylation is 5. The molecular formula is C70H78IN11O18S2. The van der Waals surface area contributed by atoms with Gasteiger partial charge in [-0.2, -0.15) is 15.0 Å². The Bertz CT molecular complexity index is 4860. The van der Waals surface area contributed by atoms with Crippen molar-refractivity contribution in [3.63, 3.8) is 0 Å². The van der Waals surface area contributed by atoms with Crippen molar-refractivity contribution in [3.05, 3.63) is 195 Å². The van der Waals surface area contributed by atoms with Crippen molar-refractivity contribution in [3.8, 4) is 23.0 Å². The number of carboxylic acids is 1. The topological polar surface area (TPSA) is 381 Å². The van der Waals surface area contributed by atoms with Gasteiger partial charge in [-0.05, 0) is 136 Å². The Balaban J connectivity index is 0.000000173. The fourth-order valence-electron chi connectivity index (χ4n) is 11.1. The first-order valence-electron chi connectivity index (χ1n) is 32.0. The van der Waals surface area contributed by atoms with Crippen molar-refractivity contribution in [1.29, 1.82) is 0 Å². The lowest BCUT2D eigenvalue weighted by atomic mass is 9.82. The molecule has 3 aliphatic heterocycles. The molecule has 0 radical (unpaired) electrons. The number of fused-ring (bicyclic) bond motifs is 1. The third-order valence-corrected chi connectivity index (χ3v) is 19.2. The summed E-state index contributed by atoms with van der Waals surface area (Å²) in [7, 11) is -5.16. The van der Waals surface area contributed by atoms with Crippen molar-refractivity contribution in [2.75, 3.05) is 45.1 Å². The maximum absolute atomic E-state index is 13.5. The number of halogens is 1. The third-order valence-electron chi connectivity index (χ3n) is 16.0. The molecule has 0 aliphatic carbocycles. The van der Waals surface area contributed by atoms with Crippen molar-refractivity contribution in [1.82, 2.24) is 38.8 Å². The molecule has 3 aliphatic rings. The van der Waals surface area contributed by atoms with Gasteiger partial charge in [-0.25, -0.2) is 45.3 Å². The highest BCUT2D eigenvalue weighted by atomic mass is 127. The van der Waals surface area contributed by atoms with Crippen LogP contribution in [0.15, 0.2) is 139 Å². The van der Waals surface area contributed by atoms with Crippen LogP contribution in [0.1, 0.15) is 125 Å². The van der Waals surface area contributed by atoms with E-state index in [1.165, 1.54) is 55.7 Å². The van der Waals surface area contributed by atoms with E-state index in [0.29, 0.717) is 89.9 Å².